The van der Waals surface area contributed by atoms with Crippen LogP contribution in [0.15, 0.2) is 47.4 Å². The highest BCUT2D eigenvalue weighted by Gasteiger charge is 2.35. The minimum atomic E-state index is -4.84. The molecule has 0 amide bonds. The molecule has 0 bridgehead atoms. The Morgan fingerprint density at radius 3 is 1.69 bits per heavy atom. The first-order chi connectivity index (χ1) is 14.8. The number of benzene rings is 3. The maximum Gasteiger partial charge on any atom is 0.419 e. The Morgan fingerprint density at radius 2 is 1.25 bits per heavy atom. The molecule has 0 radical (unpaired) electrons. The normalized spacial score (nSPS) is 12.2. The molecule has 0 unspecified atom stereocenters. The van der Waals surface area contributed by atoms with Crippen LogP contribution in [0.3, 0.4) is 0 Å². The number of alkyl halides is 3. The molecule has 0 heterocycles. The monoisotopic (exact) mass is 479 g/mol. The number of hydrogen-bond donors (Lipinski definition) is 1. The van der Waals surface area contributed by atoms with Crippen LogP contribution in [-0.2, 0) is 16.2 Å². The van der Waals surface area contributed by atoms with Gasteiger partial charge in [0, 0.05) is 11.1 Å². The molecule has 3 aromatic carbocycles. The lowest BCUT2D eigenvalue weighted by Crippen LogP contribution is -2.12. The van der Waals surface area contributed by atoms with Gasteiger partial charge < -0.3 is 4.74 Å². The van der Waals surface area contributed by atoms with Crippen LogP contribution >= 0.6 is 0 Å². The fraction of sp³-hybridized carbons (Fsp3) is 0.100. The van der Waals surface area contributed by atoms with E-state index in [0.717, 1.165) is 37.4 Å². The van der Waals surface area contributed by atoms with Gasteiger partial charge in [-0.2, -0.15) is 13.2 Å². The molecule has 0 aliphatic heterocycles. The van der Waals surface area contributed by atoms with Crippen LogP contribution in [0.5, 0.6) is 5.75 Å². The third-order valence-corrected chi connectivity index (χ3v) is 5.46. The fourth-order valence-electron chi connectivity index (χ4n) is 3.07. The van der Waals surface area contributed by atoms with Gasteiger partial charge in [0.25, 0.3) is 0 Å². The molecule has 0 fully saturated rings. The zero-order chi connectivity index (χ0) is 24.0. The second-order valence-electron chi connectivity index (χ2n) is 6.49. The van der Waals surface area contributed by atoms with E-state index in [1.165, 1.54) is 0 Å². The molecule has 3 rings (SSSR count). The molecular formula is C20H12F7NO3S. The molecule has 0 aromatic heterocycles. The van der Waals surface area contributed by atoms with E-state index in [9.17, 15) is 39.2 Å². The van der Waals surface area contributed by atoms with E-state index in [4.69, 9.17) is 5.14 Å². The highest BCUT2D eigenvalue weighted by molar-refractivity contribution is 7.89. The second-order valence-corrected chi connectivity index (χ2v) is 8.05. The summed E-state index contributed by atoms with van der Waals surface area (Å²) in [5.41, 5.74) is -3.70. The van der Waals surface area contributed by atoms with Crippen LogP contribution in [0.2, 0.25) is 0 Å². The van der Waals surface area contributed by atoms with Crippen molar-refractivity contribution in [3.8, 4) is 28.0 Å². The molecule has 4 nitrogen and oxygen atoms in total. The molecule has 2 N–H and O–H groups in total. The molecule has 32 heavy (non-hydrogen) atoms. The third kappa shape index (κ3) is 4.15. The highest BCUT2D eigenvalue weighted by Crippen LogP contribution is 2.43. The number of rotatable bonds is 4. The molecule has 0 saturated carbocycles. The number of methoxy groups -OCH3 is 1. The maximum absolute atomic E-state index is 14.8. The summed E-state index contributed by atoms with van der Waals surface area (Å²) in [4.78, 5) is -0.400. The minimum Gasteiger partial charge on any atom is -0.496 e. The summed E-state index contributed by atoms with van der Waals surface area (Å²) in [5, 5.41) is 4.97. The zero-order valence-corrected chi connectivity index (χ0v) is 16.7. The van der Waals surface area contributed by atoms with E-state index in [1.807, 2.05) is 0 Å². The van der Waals surface area contributed by atoms with Crippen molar-refractivity contribution in [3.63, 3.8) is 0 Å². The van der Waals surface area contributed by atoms with Crippen molar-refractivity contribution >= 4 is 10.0 Å². The van der Waals surface area contributed by atoms with Crippen molar-refractivity contribution in [2.75, 3.05) is 7.11 Å². The summed E-state index contributed by atoms with van der Waals surface area (Å²) in [7, 11) is -3.24. The standard InChI is InChI=1S/C20H12F7NO3S/c1-31-13-8-10(4-7-12(13)20(25,26)27)15-14(16(21)18(23)19(24)17(15)22)9-2-5-11(6-3-9)32(28,29)30/h2-8H,1H3,(H2,28,29,30). The summed E-state index contributed by atoms with van der Waals surface area (Å²) < 4.78 is 124. The molecule has 0 aliphatic carbocycles. The summed E-state index contributed by atoms with van der Waals surface area (Å²) >= 11 is 0. The van der Waals surface area contributed by atoms with Gasteiger partial charge in [-0.3, -0.25) is 0 Å². The van der Waals surface area contributed by atoms with E-state index in [-0.39, 0.29) is 5.56 Å². The first-order valence-corrected chi connectivity index (χ1v) is 10.1. The number of hydrogen-bond acceptors (Lipinski definition) is 3. The summed E-state index contributed by atoms with van der Waals surface area (Å²) in [6.07, 6.45) is -4.84. The van der Waals surface area contributed by atoms with Crippen LogP contribution in [-0.4, -0.2) is 15.5 Å². The summed E-state index contributed by atoms with van der Waals surface area (Å²) in [6.45, 7) is 0. The van der Waals surface area contributed by atoms with Crippen LogP contribution in [0.1, 0.15) is 5.56 Å². The first kappa shape index (κ1) is 23.5. The van der Waals surface area contributed by atoms with Crippen molar-refractivity contribution in [3.05, 3.63) is 71.3 Å². The molecule has 3 aromatic rings. The quantitative estimate of drug-likeness (QED) is 0.316. The van der Waals surface area contributed by atoms with Gasteiger partial charge in [-0.25, -0.2) is 31.1 Å². The van der Waals surface area contributed by atoms with Crippen molar-refractivity contribution in [2.24, 2.45) is 5.14 Å². The van der Waals surface area contributed by atoms with E-state index in [2.05, 4.69) is 4.74 Å². The second kappa shape index (κ2) is 8.10. The molecule has 12 heteroatoms. The fourth-order valence-corrected chi connectivity index (χ4v) is 3.58. The lowest BCUT2D eigenvalue weighted by Gasteiger charge is -2.17. The first-order valence-electron chi connectivity index (χ1n) is 8.52. The highest BCUT2D eigenvalue weighted by atomic mass is 32.2. The van der Waals surface area contributed by atoms with Crippen LogP contribution in [0.25, 0.3) is 22.3 Å². The van der Waals surface area contributed by atoms with Crippen molar-refractivity contribution in [2.45, 2.75) is 11.1 Å². The van der Waals surface area contributed by atoms with Crippen molar-refractivity contribution < 1.29 is 43.9 Å². The van der Waals surface area contributed by atoms with E-state index < -0.39 is 72.4 Å². The Morgan fingerprint density at radius 1 is 0.781 bits per heavy atom. The van der Waals surface area contributed by atoms with Gasteiger partial charge in [0.15, 0.2) is 23.3 Å². The number of sulfonamides is 1. The van der Waals surface area contributed by atoms with Gasteiger partial charge in [0.2, 0.25) is 10.0 Å². The minimum absolute atomic E-state index is 0.290. The Bertz CT molecular complexity index is 1300. The number of halogens is 7. The topological polar surface area (TPSA) is 69.4 Å². The predicted molar refractivity (Wildman–Crippen MR) is 100 cm³/mol. The van der Waals surface area contributed by atoms with Gasteiger partial charge in [0.1, 0.15) is 5.75 Å². The van der Waals surface area contributed by atoms with Crippen LogP contribution in [0.4, 0.5) is 30.7 Å². The van der Waals surface area contributed by atoms with Gasteiger partial charge >= 0.3 is 6.18 Å². The Labute approximate surface area is 177 Å². The summed E-state index contributed by atoms with van der Waals surface area (Å²) in [6, 6.07) is 5.70. The zero-order valence-electron chi connectivity index (χ0n) is 15.9. The smallest absolute Gasteiger partial charge is 0.419 e. The largest absolute Gasteiger partial charge is 0.496 e. The van der Waals surface area contributed by atoms with Crippen molar-refractivity contribution in [1.29, 1.82) is 0 Å². The molecule has 0 aliphatic rings. The Kier molecular flexibility index (Phi) is 5.96. The average Bonchev–Trinajstić information content (AvgIpc) is 2.73. The van der Waals surface area contributed by atoms with Gasteiger partial charge in [0.05, 0.1) is 17.6 Å². The molecule has 0 atom stereocenters. The third-order valence-electron chi connectivity index (χ3n) is 4.53. The Balaban J connectivity index is 2.35. The molecule has 0 saturated heterocycles. The van der Waals surface area contributed by atoms with Gasteiger partial charge in [-0.05, 0) is 35.4 Å². The lowest BCUT2D eigenvalue weighted by molar-refractivity contribution is -0.138. The SMILES string of the molecule is COc1cc(-c2c(F)c(F)c(F)c(F)c2-c2ccc(S(N)(=O)=O)cc2)ccc1C(F)(F)F. The van der Waals surface area contributed by atoms with Gasteiger partial charge in [-0.1, -0.05) is 18.2 Å². The van der Waals surface area contributed by atoms with E-state index >= 15 is 0 Å². The van der Waals surface area contributed by atoms with E-state index in [1.54, 1.807) is 0 Å². The summed E-state index contributed by atoms with van der Waals surface area (Å²) in [5.74, 6) is -8.80. The number of primary sulfonamides is 1. The molecule has 0 spiro atoms. The number of nitrogens with two attached hydrogens (primary N) is 1. The van der Waals surface area contributed by atoms with Crippen molar-refractivity contribution in [1.82, 2.24) is 0 Å². The molecule has 170 valence electrons. The van der Waals surface area contributed by atoms with Crippen LogP contribution in [0, 0.1) is 23.3 Å². The molecular weight excluding hydrogens is 467 g/mol. The van der Waals surface area contributed by atoms with Crippen LogP contribution < -0.4 is 9.88 Å². The lowest BCUT2D eigenvalue weighted by atomic mass is 9.92. The number of ether oxygens (including phenoxy) is 1. The predicted octanol–water partition coefficient (Wildman–Crippen LogP) is 5.25. The van der Waals surface area contributed by atoms with Gasteiger partial charge in [-0.15, -0.1) is 0 Å². The maximum atomic E-state index is 14.8. The van der Waals surface area contributed by atoms with E-state index in [0.29, 0.717) is 12.1 Å². The Hall–Kier alpha value is -3.12. The average molecular weight is 479 g/mol.